The van der Waals surface area contributed by atoms with Crippen LogP contribution in [0.5, 0.6) is 0 Å². The molecule has 0 saturated heterocycles. The van der Waals surface area contributed by atoms with Gasteiger partial charge in [-0.1, -0.05) is 12.1 Å². The van der Waals surface area contributed by atoms with E-state index in [9.17, 15) is 0 Å². The van der Waals surface area contributed by atoms with Crippen molar-refractivity contribution in [3.8, 4) is 0 Å². The molecule has 1 aliphatic rings. The fourth-order valence-electron chi connectivity index (χ4n) is 2.87. The number of fused-ring (bicyclic) bond motifs is 1. The molecular formula is C16H20N2O. The number of benzene rings is 1. The second-order valence-electron chi connectivity index (χ2n) is 5.21. The van der Waals surface area contributed by atoms with Crippen LogP contribution in [0, 0.1) is 0 Å². The Labute approximate surface area is 113 Å². The van der Waals surface area contributed by atoms with Gasteiger partial charge in [-0.05, 0) is 48.6 Å². The lowest BCUT2D eigenvalue weighted by Gasteiger charge is -2.26. The highest BCUT2D eigenvalue weighted by atomic mass is 16.3. The largest absolute Gasteiger partial charge is 0.469 e. The summed E-state index contributed by atoms with van der Waals surface area (Å²) in [4.78, 5) is 0. The van der Waals surface area contributed by atoms with E-state index in [0.29, 0.717) is 6.04 Å². The Balaban J connectivity index is 1.54. The molecule has 1 aromatic carbocycles. The van der Waals surface area contributed by atoms with Gasteiger partial charge < -0.3 is 15.5 Å². The molecule has 0 aliphatic heterocycles. The van der Waals surface area contributed by atoms with Gasteiger partial charge in [0.05, 0.1) is 6.26 Å². The van der Waals surface area contributed by atoms with Crippen molar-refractivity contribution in [3.05, 3.63) is 53.5 Å². The van der Waals surface area contributed by atoms with Crippen LogP contribution >= 0.6 is 0 Å². The van der Waals surface area contributed by atoms with Gasteiger partial charge in [0, 0.05) is 24.7 Å². The Morgan fingerprint density at radius 2 is 2.21 bits per heavy atom. The summed E-state index contributed by atoms with van der Waals surface area (Å²) in [5, 5.41) is 3.62. The minimum atomic E-state index is 0.560. The SMILES string of the molecule is Nc1cccc2c1CCC(NCCc1ccco1)C2. The Morgan fingerprint density at radius 1 is 1.26 bits per heavy atom. The third-order valence-electron chi connectivity index (χ3n) is 3.90. The first-order valence-corrected chi connectivity index (χ1v) is 6.95. The fourth-order valence-corrected chi connectivity index (χ4v) is 2.87. The molecule has 0 radical (unpaired) electrons. The van der Waals surface area contributed by atoms with E-state index in [4.69, 9.17) is 10.2 Å². The number of nitrogen functional groups attached to an aromatic ring is 1. The van der Waals surface area contributed by atoms with E-state index >= 15 is 0 Å². The van der Waals surface area contributed by atoms with Crippen LogP contribution < -0.4 is 11.1 Å². The summed E-state index contributed by atoms with van der Waals surface area (Å²) in [6.07, 6.45) is 6.01. The standard InChI is InChI=1S/C16H20N2O/c17-16-5-1-3-12-11-13(6-7-15(12)16)18-9-8-14-4-2-10-19-14/h1-5,10,13,18H,6-9,11,17H2. The Morgan fingerprint density at radius 3 is 3.05 bits per heavy atom. The minimum Gasteiger partial charge on any atom is -0.469 e. The molecule has 100 valence electrons. The maximum absolute atomic E-state index is 6.02. The van der Waals surface area contributed by atoms with Gasteiger partial charge in [0.1, 0.15) is 5.76 Å². The van der Waals surface area contributed by atoms with Crippen LogP contribution in [0.3, 0.4) is 0 Å². The molecule has 0 spiro atoms. The number of furan rings is 1. The number of rotatable bonds is 4. The van der Waals surface area contributed by atoms with Crippen molar-refractivity contribution in [2.24, 2.45) is 0 Å². The molecule has 3 heteroatoms. The highest BCUT2D eigenvalue weighted by molar-refractivity contribution is 5.52. The lowest BCUT2D eigenvalue weighted by atomic mass is 9.87. The maximum atomic E-state index is 6.02. The molecule has 1 aromatic heterocycles. The van der Waals surface area contributed by atoms with Crippen molar-refractivity contribution in [2.75, 3.05) is 12.3 Å². The van der Waals surface area contributed by atoms with E-state index in [1.165, 1.54) is 17.5 Å². The molecule has 2 aromatic rings. The summed E-state index contributed by atoms with van der Waals surface area (Å²) in [6.45, 7) is 0.968. The molecule has 1 unspecified atom stereocenters. The predicted octanol–water partition coefficient (Wildman–Crippen LogP) is 2.55. The van der Waals surface area contributed by atoms with Gasteiger partial charge in [-0.3, -0.25) is 0 Å². The van der Waals surface area contributed by atoms with Crippen molar-refractivity contribution < 1.29 is 4.42 Å². The van der Waals surface area contributed by atoms with Crippen molar-refractivity contribution in [1.29, 1.82) is 0 Å². The monoisotopic (exact) mass is 256 g/mol. The summed E-state index contributed by atoms with van der Waals surface area (Å²) in [6, 6.07) is 10.8. The van der Waals surface area contributed by atoms with Crippen molar-refractivity contribution in [2.45, 2.75) is 31.7 Å². The van der Waals surface area contributed by atoms with Crippen molar-refractivity contribution in [3.63, 3.8) is 0 Å². The lowest BCUT2D eigenvalue weighted by molar-refractivity contribution is 0.441. The molecule has 3 nitrogen and oxygen atoms in total. The van der Waals surface area contributed by atoms with E-state index in [2.05, 4.69) is 17.4 Å². The molecule has 0 bridgehead atoms. The Hall–Kier alpha value is -1.74. The molecule has 0 fully saturated rings. The van der Waals surface area contributed by atoms with Crippen LogP contribution in [-0.4, -0.2) is 12.6 Å². The number of anilines is 1. The van der Waals surface area contributed by atoms with Crippen molar-refractivity contribution >= 4 is 5.69 Å². The summed E-state index contributed by atoms with van der Waals surface area (Å²) < 4.78 is 5.34. The molecule has 1 heterocycles. The highest BCUT2D eigenvalue weighted by Gasteiger charge is 2.19. The zero-order chi connectivity index (χ0) is 13.1. The van der Waals surface area contributed by atoms with Crippen LogP contribution in [0.1, 0.15) is 23.3 Å². The highest BCUT2D eigenvalue weighted by Crippen LogP contribution is 2.26. The van der Waals surface area contributed by atoms with Gasteiger partial charge in [-0.2, -0.15) is 0 Å². The van der Waals surface area contributed by atoms with Crippen LogP contribution in [0.25, 0.3) is 0 Å². The molecule has 1 aliphatic carbocycles. The first-order chi connectivity index (χ1) is 9.33. The first kappa shape index (κ1) is 12.3. The van der Waals surface area contributed by atoms with Crippen LogP contribution in [0.2, 0.25) is 0 Å². The zero-order valence-corrected chi connectivity index (χ0v) is 11.1. The summed E-state index contributed by atoms with van der Waals surface area (Å²) >= 11 is 0. The molecule has 0 amide bonds. The Kier molecular flexibility index (Phi) is 3.56. The molecule has 0 saturated carbocycles. The Bertz CT molecular complexity index is 534. The quantitative estimate of drug-likeness (QED) is 0.827. The van der Waals surface area contributed by atoms with Gasteiger partial charge in [-0.25, -0.2) is 0 Å². The first-order valence-electron chi connectivity index (χ1n) is 6.95. The molecule has 1 atom stereocenters. The van der Waals surface area contributed by atoms with E-state index in [1.54, 1.807) is 6.26 Å². The van der Waals surface area contributed by atoms with Gasteiger partial charge in [-0.15, -0.1) is 0 Å². The average Bonchev–Trinajstić information content (AvgIpc) is 2.92. The maximum Gasteiger partial charge on any atom is 0.105 e. The minimum absolute atomic E-state index is 0.560. The van der Waals surface area contributed by atoms with E-state index in [-0.39, 0.29) is 0 Å². The van der Waals surface area contributed by atoms with Crippen molar-refractivity contribution in [1.82, 2.24) is 5.32 Å². The van der Waals surface area contributed by atoms with E-state index < -0.39 is 0 Å². The summed E-state index contributed by atoms with van der Waals surface area (Å²) in [7, 11) is 0. The molecule has 19 heavy (non-hydrogen) atoms. The van der Waals surface area contributed by atoms with Crippen LogP contribution in [0.15, 0.2) is 41.0 Å². The summed E-state index contributed by atoms with van der Waals surface area (Å²) in [5.74, 6) is 1.05. The van der Waals surface area contributed by atoms with Gasteiger partial charge >= 0.3 is 0 Å². The van der Waals surface area contributed by atoms with E-state index in [1.807, 2.05) is 18.2 Å². The third kappa shape index (κ3) is 2.82. The third-order valence-corrected chi connectivity index (χ3v) is 3.90. The zero-order valence-electron chi connectivity index (χ0n) is 11.1. The number of nitrogens with one attached hydrogen (secondary N) is 1. The normalized spacial score (nSPS) is 18.2. The summed E-state index contributed by atoms with van der Waals surface area (Å²) in [5.41, 5.74) is 9.73. The number of hydrogen-bond acceptors (Lipinski definition) is 3. The number of hydrogen-bond donors (Lipinski definition) is 2. The molecular weight excluding hydrogens is 236 g/mol. The smallest absolute Gasteiger partial charge is 0.105 e. The second-order valence-corrected chi connectivity index (χ2v) is 5.21. The second kappa shape index (κ2) is 5.49. The van der Waals surface area contributed by atoms with Gasteiger partial charge in [0.2, 0.25) is 0 Å². The number of nitrogens with two attached hydrogens (primary N) is 1. The lowest BCUT2D eigenvalue weighted by Crippen LogP contribution is -2.36. The predicted molar refractivity (Wildman–Crippen MR) is 77.1 cm³/mol. The average molecular weight is 256 g/mol. The molecule has 3 rings (SSSR count). The van der Waals surface area contributed by atoms with Crippen LogP contribution in [0.4, 0.5) is 5.69 Å². The topological polar surface area (TPSA) is 51.2 Å². The fraction of sp³-hybridized carbons (Fsp3) is 0.375. The van der Waals surface area contributed by atoms with Gasteiger partial charge in [0.25, 0.3) is 0 Å². The van der Waals surface area contributed by atoms with Gasteiger partial charge in [0.15, 0.2) is 0 Å². The molecule has 3 N–H and O–H groups in total. The van der Waals surface area contributed by atoms with Crippen LogP contribution in [-0.2, 0) is 19.3 Å². The van der Waals surface area contributed by atoms with E-state index in [0.717, 1.165) is 37.3 Å².